The van der Waals surface area contributed by atoms with E-state index in [2.05, 4.69) is 5.92 Å². The molecule has 32 heavy (non-hydrogen) atoms. The van der Waals surface area contributed by atoms with E-state index in [0.29, 0.717) is 22.3 Å². The van der Waals surface area contributed by atoms with E-state index >= 15 is 0 Å². The van der Waals surface area contributed by atoms with Crippen molar-refractivity contribution < 1.29 is 18.8 Å². The smallest absolute Gasteiger partial charge is 0.261 e. The van der Waals surface area contributed by atoms with Crippen LogP contribution in [0.3, 0.4) is 0 Å². The minimum absolute atomic E-state index is 0.0561. The topological polar surface area (TPSA) is 57.7 Å². The Morgan fingerprint density at radius 2 is 1.56 bits per heavy atom. The number of hydrogen-bond acceptors (Lipinski definition) is 3. The predicted octanol–water partition coefficient (Wildman–Crippen LogP) is 3.90. The molecule has 0 atom stereocenters. The van der Waals surface area contributed by atoms with Crippen molar-refractivity contribution in [3.63, 3.8) is 0 Å². The van der Waals surface area contributed by atoms with Gasteiger partial charge in [0.05, 0.1) is 24.2 Å². The molecule has 0 unspecified atom stereocenters. The second-order valence-electron chi connectivity index (χ2n) is 7.43. The number of fused-ring (bicyclic) bond motifs is 1. The third-order valence-electron chi connectivity index (χ3n) is 5.25. The molecule has 1 heterocycles. The largest absolute Gasteiger partial charge is 0.323 e. The number of carbonyl (C=O) groups excluding carboxylic acids is 3. The van der Waals surface area contributed by atoms with E-state index in [-0.39, 0.29) is 43.2 Å². The normalized spacial score (nSPS) is 12.4. The standard InChI is InChI=1S/C26H19FN2O3/c1-2-14-28(16-18-10-12-21(27)13-11-18)24(30)20-7-5-6-19(15-20)17-29-25(31)22-8-3-4-9-23(22)26(29)32/h1,3-13,15H,14,16-17H2. The second-order valence-corrected chi connectivity index (χ2v) is 7.43. The van der Waals surface area contributed by atoms with Gasteiger partial charge in [0.25, 0.3) is 17.7 Å². The minimum Gasteiger partial charge on any atom is -0.323 e. The summed E-state index contributed by atoms with van der Waals surface area (Å²) in [6.45, 7) is 0.366. The first-order valence-corrected chi connectivity index (χ1v) is 9.99. The summed E-state index contributed by atoms with van der Waals surface area (Å²) >= 11 is 0. The van der Waals surface area contributed by atoms with Crippen LogP contribution in [0.4, 0.5) is 4.39 Å². The molecule has 0 spiro atoms. The lowest BCUT2D eigenvalue weighted by Gasteiger charge is -2.21. The van der Waals surface area contributed by atoms with Crippen molar-refractivity contribution in [1.29, 1.82) is 0 Å². The Morgan fingerprint density at radius 1 is 0.906 bits per heavy atom. The molecular formula is C26H19FN2O3. The Bertz CT molecular complexity index is 1210. The van der Waals surface area contributed by atoms with Gasteiger partial charge in [-0.2, -0.15) is 0 Å². The minimum atomic E-state index is -0.357. The molecule has 3 aromatic carbocycles. The van der Waals surface area contributed by atoms with Gasteiger partial charge >= 0.3 is 0 Å². The van der Waals surface area contributed by atoms with E-state index in [4.69, 9.17) is 6.42 Å². The molecule has 158 valence electrons. The van der Waals surface area contributed by atoms with Gasteiger partial charge in [-0.25, -0.2) is 4.39 Å². The fourth-order valence-corrected chi connectivity index (χ4v) is 3.67. The van der Waals surface area contributed by atoms with E-state index in [9.17, 15) is 18.8 Å². The maximum absolute atomic E-state index is 13.2. The van der Waals surface area contributed by atoms with Crippen LogP contribution in [-0.2, 0) is 13.1 Å². The molecule has 6 heteroatoms. The predicted molar refractivity (Wildman–Crippen MR) is 117 cm³/mol. The van der Waals surface area contributed by atoms with Gasteiger partial charge in [0.2, 0.25) is 0 Å². The maximum Gasteiger partial charge on any atom is 0.261 e. The van der Waals surface area contributed by atoms with Gasteiger partial charge in [0.15, 0.2) is 0 Å². The van der Waals surface area contributed by atoms with E-state index in [0.717, 1.165) is 5.56 Å². The van der Waals surface area contributed by atoms with E-state index in [1.807, 2.05) is 0 Å². The number of terminal acetylenes is 1. The van der Waals surface area contributed by atoms with Crippen LogP contribution in [0, 0.1) is 18.2 Å². The maximum atomic E-state index is 13.2. The summed E-state index contributed by atoms with van der Waals surface area (Å²) in [5.74, 6) is 1.12. The molecule has 0 saturated heterocycles. The average molecular weight is 426 g/mol. The van der Waals surface area contributed by atoms with Crippen molar-refractivity contribution >= 4 is 17.7 Å². The second kappa shape index (κ2) is 8.86. The van der Waals surface area contributed by atoms with E-state index < -0.39 is 0 Å². The Balaban J connectivity index is 1.53. The highest BCUT2D eigenvalue weighted by Crippen LogP contribution is 2.24. The lowest BCUT2D eigenvalue weighted by atomic mass is 10.1. The van der Waals surface area contributed by atoms with Gasteiger partial charge in [-0.3, -0.25) is 19.3 Å². The van der Waals surface area contributed by atoms with Gasteiger partial charge in [0, 0.05) is 12.1 Å². The Morgan fingerprint density at radius 3 is 2.19 bits per heavy atom. The monoisotopic (exact) mass is 426 g/mol. The lowest BCUT2D eigenvalue weighted by Crippen LogP contribution is -2.31. The van der Waals surface area contributed by atoms with Crippen LogP contribution >= 0.6 is 0 Å². The zero-order valence-corrected chi connectivity index (χ0v) is 17.1. The van der Waals surface area contributed by atoms with E-state index in [1.54, 1.807) is 60.7 Å². The molecule has 0 aliphatic carbocycles. The highest BCUT2D eigenvalue weighted by atomic mass is 19.1. The first kappa shape index (κ1) is 21.0. The van der Waals surface area contributed by atoms with Crippen LogP contribution in [-0.4, -0.2) is 34.1 Å². The van der Waals surface area contributed by atoms with Crippen LogP contribution in [0.5, 0.6) is 0 Å². The summed E-state index contributed by atoms with van der Waals surface area (Å²) < 4.78 is 13.2. The highest BCUT2D eigenvalue weighted by molar-refractivity contribution is 6.21. The first-order valence-electron chi connectivity index (χ1n) is 9.99. The number of hydrogen-bond donors (Lipinski definition) is 0. The highest BCUT2D eigenvalue weighted by Gasteiger charge is 2.35. The fourth-order valence-electron chi connectivity index (χ4n) is 3.67. The third-order valence-corrected chi connectivity index (χ3v) is 5.25. The Hall–Kier alpha value is -4.24. The SMILES string of the molecule is C#CCN(Cc1ccc(F)cc1)C(=O)c1cccc(CN2C(=O)c3ccccc3C2=O)c1. The van der Waals surface area contributed by atoms with Crippen LogP contribution in [0.15, 0.2) is 72.8 Å². The summed E-state index contributed by atoms with van der Waals surface area (Å²) in [5.41, 5.74) is 2.54. The summed E-state index contributed by atoms with van der Waals surface area (Å²) in [6.07, 6.45) is 5.45. The summed E-state index contributed by atoms with van der Waals surface area (Å²) in [4.78, 5) is 41.0. The van der Waals surface area contributed by atoms with Crippen molar-refractivity contribution in [2.75, 3.05) is 6.54 Å². The molecule has 1 aliphatic rings. The number of halogens is 1. The number of imide groups is 1. The molecule has 0 N–H and O–H groups in total. The first-order chi connectivity index (χ1) is 15.5. The van der Waals surface area contributed by atoms with Crippen molar-refractivity contribution in [3.05, 3.63) is 106 Å². The van der Waals surface area contributed by atoms with Crippen molar-refractivity contribution in [2.45, 2.75) is 13.1 Å². The van der Waals surface area contributed by atoms with Crippen LogP contribution < -0.4 is 0 Å². The van der Waals surface area contributed by atoms with Crippen molar-refractivity contribution in [2.24, 2.45) is 0 Å². The molecule has 1 aliphatic heterocycles. The molecule has 0 saturated carbocycles. The van der Waals surface area contributed by atoms with Gasteiger partial charge < -0.3 is 4.90 Å². The molecule has 0 aromatic heterocycles. The van der Waals surface area contributed by atoms with E-state index in [1.165, 1.54) is 21.9 Å². The molecule has 3 aromatic rings. The summed E-state index contributed by atoms with van der Waals surface area (Å²) in [7, 11) is 0. The van der Waals surface area contributed by atoms with Gasteiger partial charge in [-0.1, -0.05) is 42.3 Å². The molecular weight excluding hydrogens is 407 g/mol. The zero-order valence-electron chi connectivity index (χ0n) is 17.1. The third kappa shape index (κ3) is 4.14. The Kier molecular flexibility index (Phi) is 5.82. The molecule has 3 amide bonds. The average Bonchev–Trinajstić information content (AvgIpc) is 3.05. The molecule has 5 nitrogen and oxygen atoms in total. The number of amides is 3. The number of carbonyl (C=O) groups is 3. The van der Waals surface area contributed by atoms with Gasteiger partial charge in [0.1, 0.15) is 5.82 Å². The quantitative estimate of drug-likeness (QED) is 0.444. The van der Waals surface area contributed by atoms with Crippen molar-refractivity contribution in [1.82, 2.24) is 9.80 Å². The lowest BCUT2D eigenvalue weighted by molar-refractivity contribution is 0.0642. The van der Waals surface area contributed by atoms with Crippen LogP contribution in [0.25, 0.3) is 0 Å². The fraction of sp³-hybridized carbons (Fsp3) is 0.115. The number of benzene rings is 3. The molecule has 0 bridgehead atoms. The molecule has 4 rings (SSSR count). The molecule has 0 fully saturated rings. The van der Waals surface area contributed by atoms with Gasteiger partial charge in [-0.05, 0) is 47.5 Å². The van der Waals surface area contributed by atoms with Crippen LogP contribution in [0.2, 0.25) is 0 Å². The van der Waals surface area contributed by atoms with Gasteiger partial charge in [-0.15, -0.1) is 6.42 Å². The van der Waals surface area contributed by atoms with Crippen molar-refractivity contribution in [3.8, 4) is 12.3 Å². The number of rotatable bonds is 6. The van der Waals surface area contributed by atoms with Crippen LogP contribution in [0.1, 0.15) is 42.2 Å². The zero-order chi connectivity index (χ0) is 22.7. The molecule has 0 radical (unpaired) electrons. The summed E-state index contributed by atoms with van der Waals surface area (Å²) in [6, 6.07) is 19.3. The number of nitrogens with zero attached hydrogens (tertiary/aromatic N) is 2. The summed E-state index contributed by atoms with van der Waals surface area (Å²) in [5, 5.41) is 0. The Labute approximate surface area is 185 Å².